The Kier molecular flexibility index (Phi) is 7.35. The van der Waals surface area contributed by atoms with Gasteiger partial charge in [0.25, 0.3) is 0 Å². The molecule has 1 N–H and O–H groups in total. The van der Waals surface area contributed by atoms with Gasteiger partial charge in [0.05, 0.1) is 13.2 Å². The number of unbranched alkanes of at least 4 members (excludes halogenated alkanes) is 2. The summed E-state index contributed by atoms with van der Waals surface area (Å²) < 4.78 is 12.1. The van der Waals surface area contributed by atoms with Gasteiger partial charge in [0.1, 0.15) is 17.2 Å². The molecule has 0 unspecified atom stereocenters. The number of hydrogen-bond acceptors (Lipinski definition) is 4. The van der Waals surface area contributed by atoms with Crippen molar-refractivity contribution < 1.29 is 14.6 Å². The molecule has 1 saturated heterocycles. The molecule has 0 aromatic heterocycles. The Bertz CT molecular complexity index is 1040. The molecule has 0 spiro atoms. The van der Waals surface area contributed by atoms with Gasteiger partial charge in [0.15, 0.2) is 0 Å². The van der Waals surface area contributed by atoms with E-state index >= 15 is 0 Å². The molecule has 0 radical (unpaired) electrons. The van der Waals surface area contributed by atoms with Gasteiger partial charge in [-0.1, -0.05) is 48.5 Å². The van der Waals surface area contributed by atoms with E-state index in [-0.39, 0.29) is 17.6 Å². The van der Waals surface area contributed by atoms with Crippen molar-refractivity contribution in [2.45, 2.75) is 43.9 Å². The summed E-state index contributed by atoms with van der Waals surface area (Å²) in [7, 11) is 0. The molecular weight excluding hydrogens is 422 g/mol. The molecule has 178 valence electrons. The SMILES string of the molecule is Oc1ccc2c(c1)OC[C@H](c1ccccc1)[C@H]2c1ccc(OCCCCCN2CCCC2)cc1. The molecular formula is C30H35NO3. The lowest BCUT2D eigenvalue weighted by molar-refractivity contribution is 0.247. The zero-order valence-electron chi connectivity index (χ0n) is 19.9. The highest BCUT2D eigenvalue weighted by Gasteiger charge is 2.33. The van der Waals surface area contributed by atoms with Crippen molar-refractivity contribution in [1.29, 1.82) is 0 Å². The van der Waals surface area contributed by atoms with Gasteiger partial charge in [-0.3, -0.25) is 0 Å². The largest absolute Gasteiger partial charge is 0.508 e. The molecule has 3 aromatic rings. The van der Waals surface area contributed by atoms with Crippen LogP contribution in [-0.2, 0) is 0 Å². The summed E-state index contributed by atoms with van der Waals surface area (Å²) in [5, 5.41) is 9.96. The maximum Gasteiger partial charge on any atom is 0.126 e. The highest BCUT2D eigenvalue weighted by Crippen LogP contribution is 2.47. The van der Waals surface area contributed by atoms with Crippen molar-refractivity contribution in [2.24, 2.45) is 0 Å². The number of likely N-dealkylation sites (tertiary alicyclic amines) is 1. The van der Waals surface area contributed by atoms with Crippen LogP contribution in [0.3, 0.4) is 0 Å². The summed E-state index contributed by atoms with van der Waals surface area (Å²) >= 11 is 0. The first-order valence-electron chi connectivity index (χ1n) is 12.7. The number of nitrogens with zero attached hydrogens (tertiary/aromatic N) is 1. The van der Waals surface area contributed by atoms with Gasteiger partial charge in [0.2, 0.25) is 0 Å². The lowest BCUT2D eigenvalue weighted by Crippen LogP contribution is -2.25. The number of rotatable bonds is 9. The molecule has 0 amide bonds. The van der Waals surface area contributed by atoms with E-state index in [4.69, 9.17) is 9.47 Å². The van der Waals surface area contributed by atoms with E-state index in [0.717, 1.165) is 30.1 Å². The van der Waals surface area contributed by atoms with Crippen LogP contribution in [0.2, 0.25) is 0 Å². The zero-order valence-corrected chi connectivity index (χ0v) is 19.9. The van der Waals surface area contributed by atoms with Gasteiger partial charge in [-0.15, -0.1) is 0 Å². The van der Waals surface area contributed by atoms with Gasteiger partial charge in [0, 0.05) is 23.5 Å². The average molecular weight is 458 g/mol. The summed E-state index contributed by atoms with van der Waals surface area (Å²) in [6.07, 6.45) is 6.32. The fourth-order valence-electron chi connectivity index (χ4n) is 5.38. The van der Waals surface area contributed by atoms with Crippen LogP contribution < -0.4 is 9.47 Å². The molecule has 4 nitrogen and oxygen atoms in total. The van der Waals surface area contributed by atoms with Gasteiger partial charge in [-0.05, 0) is 81.1 Å². The molecule has 4 heteroatoms. The molecule has 3 aromatic carbocycles. The van der Waals surface area contributed by atoms with Gasteiger partial charge >= 0.3 is 0 Å². The lowest BCUT2D eigenvalue weighted by Gasteiger charge is -2.34. The Hall–Kier alpha value is -2.98. The summed E-state index contributed by atoms with van der Waals surface area (Å²) in [6.45, 7) is 5.16. The second-order valence-electron chi connectivity index (χ2n) is 9.55. The van der Waals surface area contributed by atoms with Crippen molar-refractivity contribution >= 4 is 0 Å². The standard InChI is InChI=1S/C30H35NO3/c32-25-13-16-27-29(21-25)34-22-28(23-9-3-1-4-10-23)30(27)24-11-14-26(15-12-24)33-20-8-2-5-17-31-18-6-7-19-31/h1,3-4,9-16,21,28,30,32H,2,5-8,17-20,22H2/t28-,30+/m1/s1. The van der Waals surface area contributed by atoms with E-state index in [9.17, 15) is 5.11 Å². The number of benzene rings is 3. The highest BCUT2D eigenvalue weighted by molar-refractivity contribution is 5.50. The third-order valence-corrected chi connectivity index (χ3v) is 7.21. The van der Waals surface area contributed by atoms with Crippen molar-refractivity contribution in [3.63, 3.8) is 0 Å². The van der Waals surface area contributed by atoms with Crippen LogP contribution in [-0.4, -0.2) is 42.9 Å². The first-order valence-corrected chi connectivity index (χ1v) is 12.7. The average Bonchev–Trinajstić information content (AvgIpc) is 3.40. The van der Waals surface area contributed by atoms with E-state index in [1.165, 1.54) is 56.4 Å². The number of fused-ring (bicyclic) bond motifs is 1. The Labute approximate surface area is 203 Å². The Morgan fingerprint density at radius 1 is 0.853 bits per heavy atom. The van der Waals surface area contributed by atoms with Gasteiger partial charge in [-0.25, -0.2) is 0 Å². The molecule has 2 aliphatic heterocycles. The minimum absolute atomic E-state index is 0.159. The van der Waals surface area contributed by atoms with Crippen LogP contribution >= 0.6 is 0 Å². The van der Waals surface area contributed by atoms with E-state index in [0.29, 0.717) is 6.61 Å². The molecule has 2 heterocycles. The minimum Gasteiger partial charge on any atom is -0.508 e. The van der Waals surface area contributed by atoms with Crippen LogP contribution in [0.1, 0.15) is 60.6 Å². The highest BCUT2D eigenvalue weighted by atomic mass is 16.5. The Morgan fingerprint density at radius 2 is 1.65 bits per heavy atom. The monoisotopic (exact) mass is 457 g/mol. The van der Waals surface area contributed by atoms with Gasteiger partial charge < -0.3 is 19.5 Å². The molecule has 0 bridgehead atoms. The molecule has 2 aliphatic rings. The number of ether oxygens (including phenoxy) is 2. The maximum atomic E-state index is 9.96. The Balaban J connectivity index is 1.24. The second kappa shape index (κ2) is 11.0. The van der Waals surface area contributed by atoms with E-state index in [2.05, 4.69) is 53.4 Å². The van der Waals surface area contributed by atoms with Crippen LogP contribution in [0, 0.1) is 0 Å². The molecule has 5 rings (SSSR count). The predicted octanol–water partition coefficient (Wildman–Crippen LogP) is 6.35. The van der Waals surface area contributed by atoms with E-state index in [1.807, 2.05) is 12.1 Å². The van der Waals surface area contributed by atoms with Gasteiger partial charge in [-0.2, -0.15) is 0 Å². The van der Waals surface area contributed by atoms with Crippen molar-refractivity contribution in [2.75, 3.05) is 32.8 Å². The maximum absolute atomic E-state index is 9.96. The summed E-state index contributed by atoms with van der Waals surface area (Å²) in [5.41, 5.74) is 3.62. The molecule has 34 heavy (non-hydrogen) atoms. The quantitative estimate of drug-likeness (QED) is 0.381. The Morgan fingerprint density at radius 3 is 2.44 bits per heavy atom. The number of aromatic hydroxyl groups is 1. The van der Waals surface area contributed by atoms with Crippen molar-refractivity contribution in [3.8, 4) is 17.2 Å². The topological polar surface area (TPSA) is 41.9 Å². The third kappa shape index (κ3) is 5.39. The number of phenols is 1. The fourth-order valence-corrected chi connectivity index (χ4v) is 5.38. The predicted molar refractivity (Wildman–Crippen MR) is 136 cm³/mol. The molecule has 1 fully saturated rings. The zero-order chi connectivity index (χ0) is 23.2. The summed E-state index contributed by atoms with van der Waals surface area (Å²) in [6, 6.07) is 24.6. The van der Waals surface area contributed by atoms with E-state index in [1.54, 1.807) is 12.1 Å². The summed E-state index contributed by atoms with van der Waals surface area (Å²) in [4.78, 5) is 2.58. The third-order valence-electron chi connectivity index (χ3n) is 7.21. The van der Waals surface area contributed by atoms with Crippen molar-refractivity contribution in [3.05, 3.63) is 89.5 Å². The molecule has 0 saturated carbocycles. The van der Waals surface area contributed by atoms with Crippen LogP contribution in [0.5, 0.6) is 17.2 Å². The summed E-state index contributed by atoms with van der Waals surface area (Å²) in [5.74, 6) is 2.30. The minimum atomic E-state index is 0.159. The van der Waals surface area contributed by atoms with Crippen LogP contribution in [0.15, 0.2) is 72.8 Å². The molecule has 2 atom stereocenters. The molecule has 0 aliphatic carbocycles. The number of hydrogen-bond donors (Lipinski definition) is 1. The smallest absolute Gasteiger partial charge is 0.126 e. The fraction of sp³-hybridized carbons (Fsp3) is 0.400. The normalized spacial score (nSPS) is 20.0. The lowest BCUT2D eigenvalue weighted by atomic mass is 9.76. The first kappa shape index (κ1) is 22.8. The second-order valence-corrected chi connectivity index (χ2v) is 9.55. The van der Waals surface area contributed by atoms with Crippen LogP contribution in [0.25, 0.3) is 0 Å². The number of phenolic OH excluding ortho intramolecular Hbond substituents is 1. The van der Waals surface area contributed by atoms with Crippen LogP contribution in [0.4, 0.5) is 0 Å². The first-order chi connectivity index (χ1) is 16.8. The van der Waals surface area contributed by atoms with Crippen molar-refractivity contribution in [1.82, 2.24) is 4.90 Å². The van der Waals surface area contributed by atoms with E-state index < -0.39 is 0 Å².